The van der Waals surface area contributed by atoms with Crippen LogP contribution < -0.4 is 10.6 Å². The summed E-state index contributed by atoms with van der Waals surface area (Å²) >= 11 is 0. The first-order chi connectivity index (χ1) is 9.84. The van der Waals surface area contributed by atoms with E-state index >= 15 is 0 Å². The fourth-order valence-electron chi connectivity index (χ4n) is 3.10. The van der Waals surface area contributed by atoms with Gasteiger partial charge < -0.3 is 5.11 Å². The second-order valence-corrected chi connectivity index (χ2v) is 6.89. The smallest absolute Gasteiger partial charge is 0.123 e. The highest BCUT2D eigenvalue weighted by molar-refractivity contribution is 7.55. The van der Waals surface area contributed by atoms with Gasteiger partial charge in [-0.2, -0.15) is 0 Å². The molecule has 3 rings (SSSR count). The minimum absolute atomic E-state index is 0.421. The van der Waals surface area contributed by atoms with Crippen molar-refractivity contribution >= 4 is 19.2 Å². The first-order valence-corrected chi connectivity index (χ1v) is 8.48. The van der Waals surface area contributed by atoms with Crippen molar-refractivity contribution in [2.24, 2.45) is 0 Å². The summed E-state index contributed by atoms with van der Waals surface area (Å²) in [7, 11) is 0.549. The highest BCUT2D eigenvalue weighted by Gasteiger charge is 2.18. The number of hydrogen-bond acceptors (Lipinski definition) is 1. The number of benzene rings is 2. The van der Waals surface area contributed by atoms with Crippen LogP contribution >= 0.6 is 8.58 Å². The highest BCUT2D eigenvalue weighted by Crippen LogP contribution is 2.34. The van der Waals surface area contributed by atoms with E-state index in [0.717, 1.165) is 11.2 Å². The average molecular weight is 284 g/mol. The van der Waals surface area contributed by atoms with Crippen LogP contribution in [0.1, 0.15) is 43.6 Å². The van der Waals surface area contributed by atoms with Gasteiger partial charge >= 0.3 is 0 Å². The molecule has 1 unspecified atom stereocenters. The number of phenolic OH excluding ortho intramolecular Hbond substituents is 1. The van der Waals surface area contributed by atoms with E-state index in [9.17, 15) is 5.11 Å². The fourth-order valence-corrected chi connectivity index (χ4v) is 4.40. The molecule has 20 heavy (non-hydrogen) atoms. The van der Waals surface area contributed by atoms with Gasteiger partial charge in [0.15, 0.2) is 0 Å². The van der Waals surface area contributed by atoms with Crippen LogP contribution in [0, 0.1) is 0 Å². The van der Waals surface area contributed by atoms with Gasteiger partial charge in [0.1, 0.15) is 5.75 Å². The summed E-state index contributed by atoms with van der Waals surface area (Å²) < 4.78 is 0. The SMILES string of the molecule is Oc1ccccc1Pc1ccccc1C1CCCCC1. The van der Waals surface area contributed by atoms with Gasteiger partial charge in [-0.3, -0.25) is 0 Å². The number of hydrogen-bond donors (Lipinski definition) is 1. The maximum Gasteiger partial charge on any atom is 0.123 e. The summed E-state index contributed by atoms with van der Waals surface area (Å²) in [6.07, 6.45) is 6.75. The molecular weight excluding hydrogens is 263 g/mol. The normalized spacial score (nSPS) is 16.8. The molecule has 1 fully saturated rings. The minimum atomic E-state index is 0.421. The van der Waals surface area contributed by atoms with Crippen molar-refractivity contribution in [1.29, 1.82) is 0 Å². The van der Waals surface area contributed by atoms with Crippen molar-refractivity contribution in [2.75, 3.05) is 0 Å². The topological polar surface area (TPSA) is 20.2 Å². The van der Waals surface area contributed by atoms with Crippen LogP contribution in [-0.4, -0.2) is 5.11 Å². The second kappa shape index (κ2) is 6.41. The van der Waals surface area contributed by atoms with Crippen molar-refractivity contribution in [1.82, 2.24) is 0 Å². The molecule has 0 saturated heterocycles. The average Bonchev–Trinajstić information content (AvgIpc) is 2.51. The van der Waals surface area contributed by atoms with Gasteiger partial charge in [0.05, 0.1) is 0 Å². The third kappa shape index (κ3) is 3.04. The van der Waals surface area contributed by atoms with Crippen LogP contribution in [0.3, 0.4) is 0 Å². The fraction of sp³-hybridized carbons (Fsp3) is 0.333. The van der Waals surface area contributed by atoms with Crippen molar-refractivity contribution in [3.8, 4) is 5.75 Å². The lowest BCUT2D eigenvalue weighted by molar-refractivity contribution is 0.445. The Kier molecular flexibility index (Phi) is 4.38. The molecule has 2 heteroatoms. The summed E-state index contributed by atoms with van der Waals surface area (Å²) in [6, 6.07) is 16.5. The Hall–Kier alpha value is -1.33. The second-order valence-electron chi connectivity index (χ2n) is 5.56. The number of aromatic hydroxyl groups is 1. The molecule has 1 nitrogen and oxygen atoms in total. The van der Waals surface area contributed by atoms with E-state index in [0.29, 0.717) is 14.3 Å². The summed E-state index contributed by atoms with van der Waals surface area (Å²) in [4.78, 5) is 0. The van der Waals surface area contributed by atoms with Gasteiger partial charge in [-0.15, -0.1) is 0 Å². The molecule has 0 amide bonds. The third-order valence-corrected chi connectivity index (χ3v) is 5.60. The molecule has 2 aromatic rings. The minimum Gasteiger partial charge on any atom is -0.507 e. The van der Waals surface area contributed by atoms with E-state index in [-0.39, 0.29) is 0 Å². The largest absolute Gasteiger partial charge is 0.507 e. The third-order valence-electron chi connectivity index (χ3n) is 4.18. The Morgan fingerprint density at radius 3 is 2.20 bits per heavy atom. The lowest BCUT2D eigenvalue weighted by Gasteiger charge is -2.24. The zero-order chi connectivity index (χ0) is 13.8. The summed E-state index contributed by atoms with van der Waals surface area (Å²) in [5, 5.41) is 12.4. The van der Waals surface area contributed by atoms with Crippen molar-refractivity contribution in [2.45, 2.75) is 38.0 Å². The van der Waals surface area contributed by atoms with E-state index in [2.05, 4.69) is 24.3 Å². The van der Waals surface area contributed by atoms with Gasteiger partial charge in [-0.1, -0.05) is 70.3 Å². The predicted molar refractivity (Wildman–Crippen MR) is 88.0 cm³/mol. The van der Waals surface area contributed by atoms with Crippen molar-refractivity contribution in [3.05, 3.63) is 54.1 Å². The standard InChI is InChI=1S/C18H21OP/c19-16-11-5-7-13-18(16)20-17-12-6-4-10-15(17)14-8-2-1-3-9-14/h4-7,10-14,19-20H,1-3,8-9H2. The van der Waals surface area contributed by atoms with Crippen LogP contribution in [0.2, 0.25) is 0 Å². The molecule has 1 N–H and O–H groups in total. The van der Waals surface area contributed by atoms with Crippen LogP contribution in [0.25, 0.3) is 0 Å². The summed E-state index contributed by atoms with van der Waals surface area (Å²) in [5.41, 5.74) is 1.51. The summed E-state index contributed by atoms with van der Waals surface area (Å²) in [5.74, 6) is 1.14. The molecule has 0 aromatic heterocycles. The maximum absolute atomic E-state index is 9.98. The molecular formula is C18H21OP. The summed E-state index contributed by atoms with van der Waals surface area (Å²) in [6.45, 7) is 0. The molecule has 2 aromatic carbocycles. The van der Waals surface area contributed by atoms with Gasteiger partial charge in [-0.25, -0.2) is 0 Å². The molecule has 0 bridgehead atoms. The molecule has 0 spiro atoms. The quantitative estimate of drug-likeness (QED) is 0.842. The predicted octanol–water partition coefficient (Wildman–Crippen LogP) is 4.07. The highest BCUT2D eigenvalue weighted by atomic mass is 31.1. The first kappa shape index (κ1) is 13.6. The molecule has 104 valence electrons. The van der Waals surface area contributed by atoms with E-state index < -0.39 is 0 Å². The Morgan fingerprint density at radius 1 is 0.800 bits per heavy atom. The van der Waals surface area contributed by atoms with Crippen LogP contribution in [0.5, 0.6) is 5.75 Å². The van der Waals surface area contributed by atoms with Crippen molar-refractivity contribution < 1.29 is 5.11 Å². The van der Waals surface area contributed by atoms with Crippen LogP contribution in [0.15, 0.2) is 48.5 Å². The van der Waals surface area contributed by atoms with Gasteiger partial charge in [0, 0.05) is 5.30 Å². The Bertz CT molecular complexity index is 573. The van der Waals surface area contributed by atoms with Gasteiger partial charge in [-0.05, 0) is 35.7 Å². The lowest BCUT2D eigenvalue weighted by Crippen LogP contribution is -2.15. The number of para-hydroxylation sites is 1. The lowest BCUT2D eigenvalue weighted by atomic mass is 9.84. The van der Waals surface area contributed by atoms with Crippen LogP contribution in [0.4, 0.5) is 0 Å². The van der Waals surface area contributed by atoms with E-state index in [1.54, 1.807) is 6.07 Å². The molecule has 1 aliphatic rings. The Labute approximate surface area is 122 Å². The number of phenols is 1. The zero-order valence-corrected chi connectivity index (χ0v) is 12.7. The van der Waals surface area contributed by atoms with Crippen molar-refractivity contribution in [3.63, 3.8) is 0 Å². The molecule has 0 aliphatic heterocycles. The van der Waals surface area contributed by atoms with E-state index in [4.69, 9.17) is 0 Å². The maximum atomic E-state index is 9.98. The monoisotopic (exact) mass is 284 g/mol. The molecule has 1 atom stereocenters. The van der Waals surface area contributed by atoms with Gasteiger partial charge in [0.2, 0.25) is 0 Å². The molecule has 1 aliphatic carbocycles. The number of rotatable bonds is 3. The Morgan fingerprint density at radius 2 is 1.45 bits per heavy atom. The molecule has 0 radical (unpaired) electrons. The zero-order valence-electron chi connectivity index (χ0n) is 11.7. The van der Waals surface area contributed by atoms with E-state index in [1.165, 1.54) is 43.0 Å². The molecule has 1 saturated carbocycles. The van der Waals surface area contributed by atoms with E-state index in [1.807, 2.05) is 18.2 Å². The van der Waals surface area contributed by atoms with Crippen LogP contribution in [-0.2, 0) is 0 Å². The van der Waals surface area contributed by atoms with Gasteiger partial charge in [0.25, 0.3) is 0 Å². The molecule has 0 heterocycles. The first-order valence-electron chi connectivity index (χ1n) is 7.48. The Balaban J connectivity index is 1.88.